The molecule has 3 N–H and O–H groups in total. The number of nitriles is 1. The first kappa shape index (κ1) is 13.5. The smallest absolute Gasteiger partial charge is 0.228 e. The quantitative estimate of drug-likeness (QED) is 0.864. The van der Waals surface area contributed by atoms with E-state index in [0.29, 0.717) is 16.3 Å². The van der Waals surface area contributed by atoms with Crippen LogP contribution in [0.3, 0.4) is 0 Å². The van der Waals surface area contributed by atoms with Crippen molar-refractivity contribution in [2.45, 2.75) is 19.9 Å². The van der Waals surface area contributed by atoms with Crippen LogP contribution < -0.4 is 11.1 Å². The average molecular weight is 252 g/mol. The highest BCUT2D eigenvalue weighted by Crippen LogP contribution is 2.20. The van der Waals surface area contributed by atoms with Gasteiger partial charge in [0.25, 0.3) is 0 Å². The zero-order valence-corrected chi connectivity index (χ0v) is 10.5. The Morgan fingerprint density at radius 1 is 1.53 bits per heavy atom. The van der Waals surface area contributed by atoms with E-state index in [1.54, 1.807) is 26.0 Å². The molecule has 1 amide bonds. The van der Waals surface area contributed by atoms with Crippen LogP contribution in [0, 0.1) is 17.2 Å². The third-order valence-corrected chi connectivity index (χ3v) is 2.89. The van der Waals surface area contributed by atoms with Gasteiger partial charge in [0.1, 0.15) is 6.07 Å². The van der Waals surface area contributed by atoms with Gasteiger partial charge in [0, 0.05) is 11.7 Å². The minimum atomic E-state index is -0.295. The van der Waals surface area contributed by atoms with Gasteiger partial charge in [0.05, 0.1) is 16.5 Å². The summed E-state index contributed by atoms with van der Waals surface area (Å²) in [5.41, 5.74) is 6.51. The molecule has 1 aromatic carbocycles. The van der Waals surface area contributed by atoms with E-state index >= 15 is 0 Å². The summed E-state index contributed by atoms with van der Waals surface area (Å²) in [7, 11) is 0. The van der Waals surface area contributed by atoms with Gasteiger partial charge < -0.3 is 11.1 Å². The first-order valence-corrected chi connectivity index (χ1v) is 5.59. The molecule has 90 valence electrons. The Balaban J connectivity index is 2.83. The van der Waals surface area contributed by atoms with Crippen LogP contribution >= 0.6 is 11.6 Å². The van der Waals surface area contributed by atoms with Crippen molar-refractivity contribution in [2.75, 3.05) is 5.32 Å². The summed E-state index contributed by atoms with van der Waals surface area (Å²) in [4.78, 5) is 11.7. The molecule has 1 rings (SSSR count). The highest BCUT2D eigenvalue weighted by Gasteiger charge is 2.17. The van der Waals surface area contributed by atoms with Gasteiger partial charge >= 0.3 is 0 Å². The van der Waals surface area contributed by atoms with E-state index in [4.69, 9.17) is 22.6 Å². The predicted molar refractivity (Wildman–Crippen MR) is 67.6 cm³/mol. The number of nitrogens with two attached hydrogens (primary N) is 1. The second-order valence-electron chi connectivity index (χ2n) is 3.94. The van der Waals surface area contributed by atoms with Crippen LogP contribution in [-0.2, 0) is 4.79 Å². The van der Waals surface area contributed by atoms with Crippen LogP contribution in [0.5, 0.6) is 0 Å². The molecule has 0 aromatic heterocycles. The molecule has 0 aliphatic rings. The lowest BCUT2D eigenvalue weighted by Gasteiger charge is -2.15. The van der Waals surface area contributed by atoms with Gasteiger partial charge in [-0.25, -0.2) is 0 Å². The zero-order chi connectivity index (χ0) is 13.0. The number of amides is 1. The van der Waals surface area contributed by atoms with Gasteiger partial charge in [-0.05, 0) is 25.1 Å². The van der Waals surface area contributed by atoms with Crippen LogP contribution in [0.4, 0.5) is 5.69 Å². The maximum absolute atomic E-state index is 11.7. The number of hydrogen-bond donors (Lipinski definition) is 2. The first-order valence-electron chi connectivity index (χ1n) is 5.21. The maximum atomic E-state index is 11.7. The Morgan fingerprint density at radius 2 is 2.18 bits per heavy atom. The van der Waals surface area contributed by atoms with Gasteiger partial charge in [-0.15, -0.1) is 0 Å². The predicted octanol–water partition coefficient (Wildman–Crippen LogP) is 2.13. The lowest BCUT2D eigenvalue weighted by Crippen LogP contribution is -2.34. The van der Waals surface area contributed by atoms with E-state index in [9.17, 15) is 4.79 Å². The molecule has 0 saturated heterocycles. The van der Waals surface area contributed by atoms with Gasteiger partial charge in [-0.2, -0.15) is 5.26 Å². The maximum Gasteiger partial charge on any atom is 0.228 e. The Morgan fingerprint density at radius 3 is 2.71 bits per heavy atom. The van der Waals surface area contributed by atoms with Crippen molar-refractivity contribution in [3.8, 4) is 6.07 Å². The summed E-state index contributed by atoms with van der Waals surface area (Å²) in [5, 5.41) is 11.9. The fraction of sp³-hybridized carbons (Fsp3) is 0.333. The first-order chi connectivity index (χ1) is 7.95. The molecule has 0 heterocycles. The number of hydrogen-bond acceptors (Lipinski definition) is 3. The Bertz CT molecular complexity index is 465. The van der Waals surface area contributed by atoms with Crippen LogP contribution in [0.25, 0.3) is 0 Å². The molecule has 0 saturated carbocycles. The summed E-state index contributed by atoms with van der Waals surface area (Å²) in [6.45, 7) is 3.52. The fourth-order valence-electron chi connectivity index (χ4n) is 1.18. The largest absolute Gasteiger partial charge is 0.327 e. The van der Waals surface area contributed by atoms with E-state index < -0.39 is 0 Å². The van der Waals surface area contributed by atoms with Crippen LogP contribution in [0.1, 0.15) is 19.4 Å². The molecule has 0 radical (unpaired) electrons. The molecular weight excluding hydrogens is 238 g/mol. The fourth-order valence-corrected chi connectivity index (χ4v) is 1.34. The van der Waals surface area contributed by atoms with E-state index in [-0.39, 0.29) is 17.9 Å². The van der Waals surface area contributed by atoms with E-state index in [1.165, 1.54) is 6.07 Å². The third-order valence-electron chi connectivity index (χ3n) is 2.56. The number of benzene rings is 1. The summed E-state index contributed by atoms with van der Waals surface area (Å²) < 4.78 is 0. The molecule has 1 aromatic rings. The standard InChI is InChI=1S/C12H14ClN3O/c1-7(8(2)15)12(17)16-10-3-4-11(13)9(5-10)6-14/h3-5,7-8H,15H2,1-2H3,(H,16,17). The van der Waals surface area contributed by atoms with Crippen molar-refractivity contribution in [3.05, 3.63) is 28.8 Å². The Hall–Kier alpha value is -1.57. The molecule has 0 aliphatic heterocycles. The van der Waals surface area contributed by atoms with Gasteiger partial charge in [-0.1, -0.05) is 18.5 Å². The lowest BCUT2D eigenvalue weighted by molar-refractivity contribution is -0.119. The van der Waals surface area contributed by atoms with Crippen LogP contribution in [0.15, 0.2) is 18.2 Å². The number of carbonyl (C=O) groups excluding carboxylic acids is 1. The molecule has 17 heavy (non-hydrogen) atoms. The van der Waals surface area contributed by atoms with Gasteiger partial charge in [-0.3, -0.25) is 4.79 Å². The number of nitrogens with one attached hydrogen (secondary N) is 1. The van der Waals surface area contributed by atoms with Crippen molar-refractivity contribution >= 4 is 23.2 Å². The minimum absolute atomic E-state index is 0.175. The summed E-state index contributed by atoms with van der Waals surface area (Å²) in [5.74, 6) is -0.470. The number of carbonyl (C=O) groups is 1. The third kappa shape index (κ3) is 3.45. The van der Waals surface area contributed by atoms with Crippen molar-refractivity contribution in [3.63, 3.8) is 0 Å². The Kier molecular flexibility index (Phi) is 4.50. The van der Waals surface area contributed by atoms with E-state index in [0.717, 1.165) is 0 Å². The Labute approximate surface area is 105 Å². The summed E-state index contributed by atoms with van der Waals surface area (Å²) in [6, 6.07) is 6.49. The number of rotatable bonds is 3. The molecule has 2 unspecified atom stereocenters. The second kappa shape index (κ2) is 5.67. The molecule has 0 fully saturated rings. The number of anilines is 1. The van der Waals surface area contributed by atoms with Crippen molar-refractivity contribution in [1.82, 2.24) is 0 Å². The van der Waals surface area contributed by atoms with Crippen molar-refractivity contribution < 1.29 is 4.79 Å². The topological polar surface area (TPSA) is 78.9 Å². The normalized spacial score (nSPS) is 13.6. The average Bonchev–Trinajstić information content (AvgIpc) is 2.30. The van der Waals surface area contributed by atoms with E-state index in [1.807, 2.05) is 6.07 Å². The number of halogens is 1. The second-order valence-corrected chi connectivity index (χ2v) is 4.35. The van der Waals surface area contributed by atoms with Gasteiger partial charge in [0.15, 0.2) is 0 Å². The van der Waals surface area contributed by atoms with Gasteiger partial charge in [0.2, 0.25) is 5.91 Å². The molecule has 0 bridgehead atoms. The van der Waals surface area contributed by atoms with Crippen LogP contribution in [-0.4, -0.2) is 11.9 Å². The lowest BCUT2D eigenvalue weighted by atomic mass is 10.0. The molecule has 0 spiro atoms. The molecule has 4 nitrogen and oxygen atoms in total. The summed E-state index contributed by atoms with van der Waals surface area (Å²) in [6.07, 6.45) is 0. The molecule has 5 heteroatoms. The van der Waals surface area contributed by atoms with Crippen LogP contribution in [0.2, 0.25) is 5.02 Å². The highest BCUT2D eigenvalue weighted by molar-refractivity contribution is 6.31. The zero-order valence-electron chi connectivity index (χ0n) is 9.70. The monoisotopic (exact) mass is 251 g/mol. The summed E-state index contributed by atoms with van der Waals surface area (Å²) >= 11 is 5.79. The number of nitrogens with zero attached hydrogens (tertiary/aromatic N) is 1. The SMILES string of the molecule is CC(N)C(C)C(=O)Nc1ccc(Cl)c(C#N)c1. The highest BCUT2D eigenvalue weighted by atomic mass is 35.5. The molecule has 2 atom stereocenters. The van der Waals surface area contributed by atoms with E-state index in [2.05, 4.69) is 5.32 Å². The van der Waals surface area contributed by atoms with Crippen molar-refractivity contribution in [2.24, 2.45) is 11.7 Å². The molecular formula is C12H14ClN3O. The molecule has 0 aliphatic carbocycles. The van der Waals surface area contributed by atoms with Crippen molar-refractivity contribution in [1.29, 1.82) is 5.26 Å². The minimum Gasteiger partial charge on any atom is -0.327 e.